The van der Waals surface area contributed by atoms with E-state index in [2.05, 4.69) is 15.5 Å². The lowest BCUT2D eigenvalue weighted by Crippen LogP contribution is -2.49. The molecule has 3 heterocycles. The molecule has 10 heteroatoms. The predicted octanol–water partition coefficient (Wildman–Crippen LogP) is 1.17. The molecule has 1 aromatic rings. The monoisotopic (exact) mass is 449 g/mol. The number of imide groups is 1. The van der Waals surface area contributed by atoms with E-state index >= 15 is 0 Å². The molecule has 2 N–H and O–H groups in total. The molecule has 0 saturated carbocycles. The lowest BCUT2D eigenvalue weighted by Gasteiger charge is -2.39. The molecular weight excluding hydrogens is 420 g/mol. The lowest BCUT2D eigenvalue weighted by molar-refractivity contribution is -0.133. The number of nitrogens with one attached hydrogen (secondary N) is 2. The summed E-state index contributed by atoms with van der Waals surface area (Å²) in [5, 5.41) is 5.05. The summed E-state index contributed by atoms with van der Waals surface area (Å²) in [5.41, 5.74) is 0.135. The van der Waals surface area contributed by atoms with E-state index in [4.69, 9.17) is 0 Å². The van der Waals surface area contributed by atoms with Gasteiger partial charge in [0.15, 0.2) is 11.6 Å². The highest BCUT2D eigenvalue weighted by Gasteiger charge is 2.29. The first-order valence-corrected chi connectivity index (χ1v) is 11.2. The zero-order valence-electron chi connectivity index (χ0n) is 18.0. The number of piperidine rings is 2. The van der Waals surface area contributed by atoms with Gasteiger partial charge in [-0.3, -0.25) is 24.6 Å². The molecule has 4 rings (SSSR count). The number of halogens is 2. The number of benzene rings is 1. The molecular formula is C22H29F2N5O3. The maximum Gasteiger partial charge on any atom is 0.249 e. The van der Waals surface area contributed by atoms with Crippen LogP contribution in [0.3, 0.4) is 0 Å². The molecule has 3 amide bonds. The second kappa shape index (κ2) is 9.81. The number of anilines is 2. The van der Waals surface area contributed by atoms with Crippen LogP contribution < -0.4 is 15.5 Å². The smallest absolute Gasteiger partial charge is 0.249 e. The quantitative estimate of drug-likeness (QED) is 0.501. The van der Waals surface area contributed by atoms with Crippen LogP contribution in [-0.4, -0.2) is 79.9 Å². The van der Waals surface area contributed by atoms with Crippen molar-refractivity contribution in [1.82, 2.24) is 15.1 Å². The van der Waals surface area contributed by atoms with Gasteiger partial charge in [0.05, 0.1) is 0 Å². The zero-order chi connectivity index (χ0) is 22.7. The Morgan fingerprint density at radius 1 is 1.00 bits per heavy atom. The summed E-state index contributed by atoms with van der Waals surface area (Å²) in [5.74, 6) is -1.63. The number of nitrogens with zero attached hydrogens (tertiary/aromatic N) is 3. The van der Waals surface area contributed by atoms with Crippen molar-refractivity contribution < 1.29 is 23.2 Å². The Labute approximate surface area is 185 Å². The Kier molecular flexibility index (Phi) is 6.88. The van der Waals surface area contributed by atoms with Gasteiger partial charge in [0, 0.05) is 57.9 Å². The molecule has 3 aliphatic rings. The second-order valence-electron chi connectivity index (χ2n) is 8.81. The predicted molar refractivity (Wildman–Crippen MR) is 115 cm³/mol. The Hall–Kier alpha value is -2.75. The lowest BCUT2D eigenvalue weighted by atomic mass is 9.96. The van der Waals surface area contributed by atoms with Crippen molar-refractivity contribution in [3.63, 3.8) is 0 Å². The van der Waals surface area contributed by atoms with Gasteiger partial charge < -0.3 is 15.1 Å². The Morgan fingerprint density at radius 2 is 1.66 bits per heavy atom. The van der Waals surface area contributed by atoms with Crippen LogP contribution in [0.25, 0.3) is 0 Å². The summed E-state index contributed by atoms with van der Waals surface area (Å²) < 4.78 is 29.7. The Bertz CT molecular complexity index is 844. The standard InChI is InChI=1S/C22H29F2N5O3/c23-17-11-16(25-19-1-2-20(31)26-22(19)32)12-18(24)21(17)29-9-7-27(8-10-29)13-15-3-5-28(14-30)6-4-15/h11-12,14-15,19,25H,1-10,13H2,(H,26,31,32). The molecule has 32 heavy (non-hydrogen) atoms. The van der Waals surface area contributed by atoms with Gasteiger partial charge in [-0.15, -0.1) is 0 Å². The topological polar surface area (TPSA) is 85.0 Å². The second-order valence-corrected chi connectivity index (χ2v) is 8.81. The van der Waals surface area contributed by atoms with Gasteiger partial charge in [-0.1, -0.05) is 0 Å². The zero-order valence-corrected chi connectivity index (χ0v) is 18.0. The third-order valence-electron chi connectivity index (χ3n) is 6.60. The number of hydrogen-bond acceptors (Lipinski definition) is 6. The SMILES string of the molecule is O=CN1CCC(CN2CCN(c3c(F)cc(NC4CCC(=O)NC4=O)cc3F)CC2)CC1. The van der Waals surface area contributed by atoms with E-state index in [1.165, 1.54) is 12.1 Å². The van der Waals surface area contributed by atoms with Crippen LogP contribution in [0.15, 0.2) is 12.1 Å². The fourth-order valence-corrected chi connectivity index (χ4v) is 4.74. The molecule has 0 aliphatic carbocycles. The Balaban J connectivity index is 1.32. The van der Waals surface area contributed by atoms with E-state index in [0.29, 0.717) is 19.0 Å². The van der Waals surface area contributed by atoms with Crippen LogP contribution >= 0.6 is 0 Å². The number of likely N-dealkylation sites (tertiary alicyclic amines) is 1. The van der Waals surface area contributed by atoms with Crippen molar-refractivity contribution in [2.24, 2.45) is 5.92 Å². The molecule has 0 spiro atoms. The largest absolute Gasteiger partial charge is 0.373 e. The van der Waals surface area contributed by atoms with E-state index in [1.807, 2.05) is 0 Å². The number of carbonyl (C=O) groups is 3. The molecule has 1 atom stereocenters. The van der Waals surface area contributed by atoms with Crippen molar-refractivity contribution in [2.45, 2.75) is 31.7 Å². The van der Waals surface area contributed by atoms with E-state index in [-0.39, 0.29) is 30.1 Å². The fourth-order valence-electron chi connectivity index (χ4n) is 4.74. The van der Waals surface area contributed by atoms with Gasteiger partial charge in [0.25, 0.3) is 0 Å². The van der Waals surface area contributed by atoms with Crippen molar-refractivity contribution in [3.05, 3.63) is 23.8 Å². The van der Waals surface area contributed by atoms with Crippen molar-refractivity contribution in [3.8, 4) is 0 Å². The van der Waals surface area contributed by atoms with Crippen LogP contribution in [0.1, 0.15) is 25.7 Å². The molecule has 3 aliphatic heterocycles. The molecule has 1 aromatic carbocycles. The first-order valence-electron chi connectivity index (χ1n) is 11.2. The molecule has 3 fully saturated rings. The molecule has 0 bridgehead atoms. The van der Waals surface area contributed by atoms with E-state index in [1.54, 1.807) is 9.80 Å². The first-order chi connectivity index (χ1) is 15.4. The fraction of sp³-hybridized carbons (Fsp3) is 0.591. The third-order valence-corrected chi connectivity index (χ3v) is 6.60. The van der Waals surface area contributed by atoms with Gasteiger partial charge in [-0.2, -0.15) is 0 Å². The van der Waals surface area contributed by atoms with Gasteiger partial charge in [0.2, 0.25) is 18.2 Å². The number of carbonyl (C=O) groups excluding carboxylic acids is 3. The number of piperazine rings is 1. The normalized spacial score (nSPS) is 23.2. The molecule has 0 aromatic heterocycles. The minimum atomic E-state index is -0.695. The maximum atomic E-state index is 14.8. The van der Waals surface area contributed by atoms with E-state index in [9.17, 15) is 23.2 Å². The highest BCUT2D eigenvalue weighted by atomic mass is 19.1. The highest BCUT2D eigenvalue weighted by molar-refractivity contribution is 6.01. The summed E-state index contributed by atoms with van der Waals surface area (Å²) in [4.78, 5) is 39.8. The minimum Gasteiger partial charge on any atom is -0.373 e. The maximum absolute atomic E-state index is 14.8. The van der Waals surface area contributed by atoms with Crippen molar-refractivity contribution in [1.29, 1.82) is 0 Å². The van der Waals surface area contributed by atoms with Gasteiger partial charge in [-0.05, 0) is 37.3 Å². The average molecular weight is 450 g/mol. The average Bonchev–Trinajstić information content (AvgIpc) is 2.77. The van der Waals surface area contributed by atoms with E-state index in [0.717, 1.165) is 52.0 Å². The van der Waals surface area contributed by atoms with Gasteiger partial charge >= 0.3 is 0 Å². The van der Waals surface area contributed by atoms with E-state index < -0.39 is 23.6 Å². The molecule has 1 unspecified atom stereocenters. The molecule has 0 radical (unpaired) electrons. The van der Waals surface area contributed by atoms with Crippen molar-refractivity contribution in [2.75, 3.05) is 56.0 Å². The third kappa shape index (κ3) is 5.17. The van der Waals surface area contributed by atoms with Crippen molar-refractivity contribution >= 4 is 29.6 Å². The first kappa shape index (κ1) is 22.4. The van der Waals surface area contributed by atoms with Gasteiger partial charge in [-0.25, -0.2) is 8.78 Å². The minimum absolute atomic E-state index is 0.0437. The summed E-state index contributed by atoms with van der Waals surface area (Å²) in [6, 6.07) is 1.71. The number of amides is 3. The van der Waals surface area contributed by atoms with Gasteiger partial charge in [0.1, 0.15) is 11.7 Å². The summed E-state index contributed by atoms with van der Waals surface area (Å²) in [6.45, 7) is 5.04. The number of hydrogen-bond donors (Lipinski definition) is 2. The van der Waals surface area contributed by atoms with Crippen LogP contribution in [0.5, 0.6) is 0 Å². The van der Waals surface area contributed by atoms with Crippen LogP contribution in [0.4, 0.5) is 20.2 Å². The molecule has 3 saturated heterocycles. The Morgan fingerprint density at radius 3 is 2.25 bits per heavy atom. The summed E-state index contributed by atoms with van der Waals surface area (Å²) in [6.07, 6.45) is 3.36. The van der Waals surface area contributed by atoms with Crippen LogP contribution in [0.2, 0.25) is 0 Å². The number of rotatable bonds is 6. The summed E-state index contributed by atoms with van der Waals surface area (Å²) in [7, 11) is 0. The highest BCUT2D eigenvalue weighted by Crippen LogP contribution is 2.29. The molecule has 174 valence electrons. The summed E-state index contributed by atoms with van der Waals surface area (Å²) >= 11 is 0. The van der Waals surface area contributed by atoms with Crippen LogP contribution in [-0.2, 0) is 14.4 Å². The van der Waals surface area contributed by atoms with Crippen LogP contribution in [0, 0.1) is 17.6 Å². The molecule has 8 nitrogen and oxygen atoms in total.